The molecular formula is C27H42ClNO2. The highest BCUT2D eigenvalue weighted by Crippen LogP contribution is 2.16. The Morgan fingerprint density at radius 3 is 2.06 bits per heavy atom. The average Bonchev–Trinajstić information content (AvgIpc) is 2.74. The molecule has 2 aromatic carbocycles. The van der Waals surface area contributed by atoms with E-state index in [1.54, 1.807) is 0 Å². The second kappa shape index (κ2) is 16.1. The van der Waals surface area contributed by atoms with Crippen LogP contribution in [0.1, 0.15) is 57.4 Å². The van der Waals surface area contributed by atoms with Crippen LogP contribution in [-0.4, -0.2) is 44.4 Å². The minimum absolute atomic E-state index is 0. The lowest BCUT2D eigenvalue weighted by Gasteiger charge is -2.33. The minimum atomic E-state index is 0. The van der Waals surface area contributed by atoms with Crippen LogP contribution in [0.25, 0.3) is 0 Å². The maximum atomic E-state index is 6.32. The lowest BCUT2D eigenvalue weighted by molar-refractivity contribution is -0.906. The number of ether oxygens (including phenoxy) is 2. The lowest BCUT2D eigenvalue weighted by Crippen LogP contribution is -3.00. The van der Waals surface area contributed by atoms with Crippen molar-refractivity contribution in [3.05, 3.63) is 66.2 Å². The summed E-state index contributed by atoms with van der Waals surface area (Å²) in [7, 11) is 4.62. The van der Waals surface area contributed by atoms with E-state index in [1.165, 1.54) is 44.1 Å². The molecule has 3 nitrogen and oxygen atoms in total. The van der Waals surface area contributed by atoms with E-state index >= 15 is 0 Å². The second-order valence-electron chi connectivity index (χ2n) is 8.97. The van der Waals surface area contributed by atoms with Crippen LogP contribution in [0, 0.1) is 0 Å². The number of likely N-dealkylation sites (N-methyl/N-ethyl adjacent to an activating group) is 1. The number of unbranched alkanes of at least 4 members (excludes halogenated alkanes) is 5. The van der Waals surface area contributed by atoms with Crippen LogP contribution >= 0.6 is 0 Å². The van der Waals surface area contributed by atoms with Crippen molar-refractivity contribution < 1.29 is 26.4 Å². The number of rotatable bonds is 16. The van der Waals surface area contributed by atoms with Crippen molar-refractivity contribution in [3.63, 3.8) is 0 Å². The van der Waals surface area contributed by atoms with Gasteiger partial charge in [0.15, 0.2) is 0 Å². The summed E-state index contributed by atoms with van der Waals surface area (Å²) >= 11 is 0. The van der Waals surface area contributed by atoms with Crippen LogP contribution in [0.4, 0.5) is 0 Å². The lowest BCUT2D eigenvalue weighted by atomic mass is 10.1. The third-order valence-electron chi connectivity index (χ3n) is 5.48. The highest BCUT2D eigenvalue weighted by atomic mass is 35.5. The zero-order chi connectivity index (χ0) is 21.5. The van der Waals surface area contributed by atoms with E-state index in [9.17, 15) is 0 Å². The van der Waals surface area contributed by atoms with Crippen molar-refractivity contribution in [3.8, 4) is 5.75 Å². The molecule has 0 N–H and O–H groups in total. The van der Waals surface area contributed by atoms with E-state index in [0.29, 0.717) is 13.2 Å². The summed E-state index contributed by atoms with van der Waals surface area (Å²) in [6.07, 6.45) is 9.34. The number of halogens is 1. The fourth-order valence-corrected chi connectivity index (χ4v) is 3.96. The standard InChI is InChI=1S/C27H42NO2.ClH/c1-4-5-6-7-8-13-20-27(30-22-21-29-26-18-14-10-15-19-26)24-28(2,3)23-25-16-11-9-12-17-25;/h9-12,14-19,27H,4-8,13,20-24H2,1-3H3;1H/q+1;/p-1. The molecule has 2 rings (SSSR count). The van der Waals surface area contributed by atoms with Crippen LogP contribution in [-0.2, 0) is 11.3 Å². The summed E-state index contributed by atoms with van der Waals surface area (Å²) in [5.74, 6) is 0.911. The molecule has 0 aromatic heterocycles. The van der Waals surface area contributed by atoms with E-state index in [1.807, 2.05) is 30.3 Å². The maximum Gasteiger partial charge on any atom is 0.119 e. The minimum Gasteiger partial charge on any atom is -1.00 e. The first kappa shape index (κ1) is 27.5. The van der Waals surface area contributed by atoms with Crippen molar-refractivity contribution in [2.75, 3.05) is 33.9 Å². The summed E-state index contributed by atoms with van der Waals surface area (Å²) in [6.45, 7) is 5.56. The quantitative estimate of drug-likeness (QED) is 0.290. The molecule has 0 saturated heterocycles. The van der Waals surface area contributed by atoms with Gasteiger partial charge in [-0.1, -0.05) is 94.0 Å². The molecule has 31 heavy (non-hydrogen) atoms. The average molecular weight is 448 g/mol. The number of nitrogens with zero attached hydrogens (tertiary/aromatic N) is 1. The van der Waals surface area contributed by atoms with Crippen LogP contribution in [0.2, 0.25) is 0 Å². The molecule has 1 atom stereocenters. The van der Waals surface area contributed by atoms with Crippen molar-refractivity contribution in [1.29, 1.82) is 0 Å². The first-order valence-electron chi connectivity index (χ1n) is 11.7. The van der Waals surface area contributed by atoms with Gasteiger partial charge in [0, 0.05) is 5.56 Å². The van der Waals surface area contributed by atoms with Gasteiger partial charge in [0.1, 0.15) is 31.5 Å². The van der Waals surface area contributed by atoms with Crippen molar-refractivity contribution in [2.24, 2.45) is 0 Å². The third kappa shape index (κ3) is 12.8. The molecule has 0 spiro atoms. The second-order valence-corrected chi connectivity index (χ2v) is 8.97. The Morgan fingerprint density at radius 2 is 1.39 bits per heavy atom. The predicted octanol–water partition coefficient (Wildman–Crippen LogP) is 3.48. The van der Waals surface area contributed by atoms with Crippen molar-refractivity contribution >= 4 is 0 Å². The molecule has 0 aliphatic heterocycles. The van der Waals surface area contributed by atoms with Gasteiger partial charge in [0.05, 0.1) is 20.7 Å². The Bertz CT molecular complexity index is 663. The Labute approximate surface area is 196 Å². The van der Waals surface area contributed by atoms with E-state index in [-0.39, 0.29) is 18.5 Å². The SMILES string of the molecule is CCCCCCCCC(C[N+](C)(C)Cc1ccccc1)OCCOc1ccccc1.[Cl-]. The molecule has 0 bridgehead atoms. The van der Waals surface area contributed by atoms with Gasteiger partial charge in [0.2, 0.25) is 0 Å². The van der Waals surface area contributed by atoms with Gasteiger partial charge in [-0.25, -0.2) is 0 Å². The fraction of sp³-hybridized carbons (Fsp3) is 0.556. The van der Waals surface area contributed by atoms with E-state index in [2.05, 4.69) is 51.4 Å². The number of hydrogen-bond acceptors (Lipinski definition) is 2. The number of hydrogen-bond donors (Lipinski definition) is 0. The third-order valence-corrected chi connectivity index (χ3v) is 5.48. The van der Waals surface area contributed by atoms with Crippen LogP contribution in [0.3, 0.4) is 0 Å². The number of para-hydroxylation sites is 1. The van der Waals surface area contributed by atoms with Crippen LogP contribution in [0.5, 0.6) is 5.75 Å². The van der Waals surface area contributed by atoms with Gasteiger partial charge >= 0.3 is 0 Å². The Balaban J connectivity index is 0.00000480. The molecule has 2 aromatic rings. The predicted molar refractivity (Wildman–Crippen MR) is 127 cm³/mol. The van der Waals surface area contributed by atoms with Gasteiger partial charge in [-0.05, 0) is 18.6 Å². The molecule has 4 heteroatoms. The first-order chi connectivity index (χ1) is 14.6. The monoisotopic (exact) mass is 447 g/mol. The van der Waals surface area contributed by atoms with Gasteiger partial charge in [0.25, 0.3) is 0 Å². The largest absolute Gasteiger partial charge is 1.00 e. The Kier molecular flexibility index (Phi) is 14.3. The molecule has 0 saturated carbocycles. The van der Waals surface area contributed by atoms with E-state index in [4.69, 9.17) is 9.47 Å². The molecule has 1 unspecified atom stereocenters. The summed E-state index contributed by atoms with van der Waals surface area (Å²) in [5.41, 5.74) is 1.38. The molecule has 0 radical (unpaired) electrons. The molecule has 0 heterocycles. The van der Waals surface area contributed by atoms with Gasteiger partial charge < -0.3 is 26.4 Å². The topological polar surface area (TPSA) is 18.5 Å². The highest BCUT2D eigenvalue weighted by molar-refractivity contribution is 5.20. The maximum absolute atomic E-state index is 6.32. The Morgan fingerprint density at radius 1 is 0.774 bits per heavy atom. The summed E-state index contributed by atoms with van der Waals surface area (Å²) < 4.78 is 13.1. The van der Waals surface area contributed by atoms with Crippen LogP contribution < -0.4 is 17.1 Å². The zero-order valence-electron chi connectivity index (χ0n) is 19.8. The van der Waals surface area contributed by atoms with Crippen molar-refractivity contribution in [1.82, 2.24) is 0 Å². The summed E-state index contributed by atoms with van der Waals surface area (Å²) in [5, 5.41) is 0. The Hall–Kier alpha value is -1.55. The molecule has 0 aliphatic carbocycles. The normalized spacial score (nSPS) is 12.2. The zero-order valence-corrected chi connectivity index (χ0v) is 20.5. The van der Waals surface area contributed by atoms with Gasteiger partial charge in [-0.3, -0.25) is 0 Å². The highest BCUT2D eigenvalue weighted by Gasteiger charge is 2.23. The smallest absolute Gasteiger partial charge is 0.119 e. The molecular weight excluding hydrogens is 406 g/mol. The van der Waals surface area contributed by atoms with Crippen LogP contribution in [0.15, 0.2) is 60.7 Å². The van der Waals surface area contributed by atoms with Crippen molar-refractivity contribution in [2.45, 2.75) is 64.5 Å². The first-order valence-corrected chi connectivity index (χ1v) is 11.7. The van der Waals surface area contributed by atoms with Gasteiger partial charge in [-0.15, -0.1) is 0 Å². The molecule has 0 fully saturated rings. The van der Waals surface area contributed by atoms with E-state index in [0.717, 1.165) is 29.7 Å². The number of quaternary nitrogens is 1. The summed E-state index contributed by atoms with van der Waals surface area (Å²) in [6, 6.07) is 20.8. The van der Waals surface area contributed by atoms with Gasteiger partial charge in [-0.2, -0.15) is 0 Å². The molecule has 0 aliphatic rings. The summed E-state index contributed by atoms with van der Waals surface area (Å²) in [4.78, 5) is 0. The fourth-order valence-electron chi connectivity index (χ4n) is 3.96. The van der Waals surface area contributed by atoms with E-state index < -0.39 is 0 Å². The molecule has 0 amide bonds. The molecule has 174 valence electrons. The number of benzene rings is 2.